The van der Waals surface area contributed by atoms with Gasteiger partial charge in [-0.1, -0.05) is 12.1 Å². The Kier molecular flexibility index (Phi) is 6.43. The molecule has 0 aliphatic carbocycles. The van der Waals surface area contributed by atoms with Crippen molar-refractivity contribution in [3.05, 3.63) is 42.2 Å². The first-order valence-corrected chi connectivity index (χ1v) is 11.4. The summed E-state index contributed by atoms with van der Waals surface area (Å²) in [5, 5.41) is 13.2. The van der Waals surface area contributed by atoms with Gasteiger partial charge in [0.1, 0.15) is 0 Å². The highest BCUT2D eigenvalue weighted by Crippen LogP contribution is 2.30. The number of hydrogen-bond acceptors (Lipinski definition) is 5. The SMILES string of the molecule is CCNC(=O)Nc1cc(-c2cccc(NC(=O)N3CC(OC(C)(C)C)C3)c2C)nn2ccnc12. The zero-order chi connectivity index (χ0) is 24.5. The largest absolute Gasteiger partial charge is 0.369 e. The number of likely N-dealkylation sites (tertiary alicyclic amines) is 1. The maximum absolute atomic E-state index is 12.8. The molecule has 4 rings (SSSR count). The van der Waals surface area contributed by atoms with Gasteiger partial charge in [-0.2, -0.15) is 5.10 Å². The second kappa shape index (κ2) is 9.30. The highest BCUT2D eigenvalue weighted by molar-refractivity contribution is 5.95. The molecule has 1 fully saturated rings. The monoisotopic (exact) mass is 465 g/mol. The predicted molar refractivity (Wildman–Crippen MR) is 131 cm³/mol. The number of carbonyl (C=O) groups excluding carboxylic acids is 2. The van der Waals surface area contributed by atoms with E-state index in [1.165, 1.54) is 0 Å². The third-order valence-corrected chi connectivity index (χ3v) is 5.45. The van der Waals surface area contributed by atoms with E-state index in [0.29, 0.717) is 42.4 Å². The summed E-state index contributed by atoms with van der Waals surface area (Å²) in [6.07, 6.45) is 3.41. The van der Waals surface area contributed by atoms with Crippen molar-refractivity contribution >= 4 is 29.1 Å². The van der Waals surface area contributed by atoms with E-state index in [4.69, 9.17) is 4.74 Å². The predicted octanol–water partition coefficient (Wildman–Crippen LogP) is 3.88. The Morgan fingerprint density at radius 2 is 1.94 bits per heavy atom. The number of benzene rings is 1. The average molecular weight is 466 g/mol. The van der Waals surface area contributed by atoms with Gasteiger partial charge in [0.2, 0.25) is 0 Å². The highest BCUT2D eigenvalue weighted by atomic mass is 16.5. The Bertz CT molecular complexity index is 1210. The first-order valence-electron chi connectivity index (χ1n) is 11.4. The molecule has 1 aliphatic heterocycles. The van der Waals surface area contributed by atoms with Gasteiger partial charge in [0, 0.05) is 30.2 Å². The molecule has 34 heavy (non-hydrogen) atoms. The van der Waals surface area contributed by atoms with Crippen LogP contribution < -0.4 is 16.0 Å². The zero-order valence-corrected chi connectivity index (χ0v) is 20.2. The quantitative estimate of drug-likeness (QED) is 0.529. The number of ether oxygens (including phenoxy) is 1. The summed E-state index contributed by atoms with van der Waals surface area (Å²) < 4.78 is 7.54. The summed E-state index contributed by atoms with van der Waals surface area (Å²) in [4.78, 5) is 30.9. The van der Waals surface area contributed by atoms with E-state index in [1.807, 2.05) is 52.8 Å². The lowest BCUT2D eigenvalue weighted by Crippen LogP contribution is -2.57. The molecule has 3 heterocycles. The summed E-state index contributed by atoms with van der Waals surface area (Å²) in [7, 11) is 0. The molecule has 0 unspecified atom stereocenters. The van der Waals surface area contributed by atoms with E-state index in [2.05, 4.69) is 26.0 Å². The Morgan fingerprint density at radius 3 is 2.65 bits per heavy atom. The minimum absolute atomic E-state index is 0.0557. The Balaban J connectivity index is 1.54. The van der Waals surface area contributed by atoms with Crippen molar-refractivity contribution in [1.29, 1.82) is 0 Å². The maximum Gasteiger partial charge on any atom is 0.322 e. The van der Waals surface area contributed by atoms with Crippen LogP contribution in [0.25, 0.3) is 16.9 Å². The lowest BCUT2D eigenvalue weighted by atomic mass is 10.0. The number of amides is 4. The van der Waals surface area contributed by atoms with Crippen molar-refractivity contribution in [3.63, 3.8) is 0 Å². The lowest BCUT2D eigenvalue weighted by Gasteiger charge is -2.41. The van der Waals surface area contributed by atoms with Crippen LogP contribution in [0.4, 0.5) is 21.0 Å². The average Bonchev–Trinajstić information content (AvgIpc) is 3.20. The molecule has 1 aliphatic rings. The van der Waals surface area contributed by atoms with Crippen LogP contribution in [0.3, 0.4) is 0 Å². The summed E-state index contributed by atoms with van der Waals surface area (Å²) in [6, 6.07) is 6.98. The molecule has 0 radical (unpaired) electrons. The molecule has 4 amide bonds. The molecule has 0 spiro atoms. The fraction of sp³-hybridized carbons (Fsp3) is 0.417. The van der Waals surface area contributed by atoms with E-state index in [-0.39, 0.29) is 23.8 Å². The number of imidazole rings is 1. The molecule has 3 aromatic rings. The Morgan fingerprint density at radius 1 is 1.18 bits per heavy atom. The number of anilines is 2. The van der Waals surface area contributed by atoms with Crippen LogP contribution >= 0.6 is 0 Å². The van der Waals surface area contributed by atoms with Gasteiger partial charge in [-0.05, 0) is 52.3 Å². The molecule has 3 N–H and O–H groups in total. The van der Waals surface area contributed by atoms with Crippen molar-refractivity contribution in [3.8, 4) is 11.3 Å². The van der Waals surface area contributed by atoms with Crippen LogP contribution in [-0.2, 0) is 4.74 Å². The summed E-state index contributed by atoms with van der Waals surface area (Å²) in [5.74, 6) is 0. The lowest BCUT2D eigenvalue weighted by molar-refractivity contribution is -0.110. The van der Waals surface area contributed by atoms with Gasteiger partial charge in [0.15, 0.2) is 5.65 Å². The fourth-order valence-corrected chi connectivity index (χ4v) is 3.89. The van der Waals surface area contributed by atoms with E-state index in [1.54, 1.807) is 27.9 Å². The van der Waals surface area contributed by atoms with E-state index in [0.717, 1.165) is 11.1 Å². The third kappa shape index (κ3) is 5.12. The van der Waals surface area contributed by atoms with Gasteiger partial charge in [-0.3, -0.25) is 0 Å². The number of hydrogen-bond donors (Lipinski definition) is 3. The minimum atomic E-state index is -0.314. The van der Waals surface area contributed by atoms with Crippen LogP contribution in [0, 0.1) is 6.92 Å². The summed E-state index contributed by atoms with van der Waals surface area (Å²) >= 11 is 0. The number of carbonyl (C=O) groups is 2. The van der Waals surface area contributed by atoms with E-state index in [9.17, 15) is 9.59 Å². The Hall–Kier alpha value is -3.66. The second-order valence-electron chi connectivity index (χ2n) is 9.29. The van der Waals surface area contributed by atoms with Crippen molar-refractivity contribution < 1.29 is 14.3 Å². The van der Waals surface area contributed by atoms with Crippen LogP contribution in [0.15, 0.2) is 36.7 Å². The molecule has 180 valence electrons. The normalized spacial score (nSPS) is 14.1. The molecule has 0 bridgehead atoms. The number of rotatable bonds is 5. The van der Waals surface area contributed by atoms with Gasteiger partial charge < -0.3 is 25.6 Å². The Labute approximate surface area is 198 Å². The third-order valence-electron chi connectivity index (χ3n) is 5.45. The smallest absolute Gasteiger partial charge is 0.322 e. The van der Waals surface area contributed by atoms with E-state index >= 15 is 0 Å². The molecule has 0 saturated carbocycles. The molecule has 10 heteroatoms. The first kappa shape index (κ1) is 23.5. The van der Waals surface area contributed by atoms with E-state index < -0.39 is 0 Å². The topological polar surface area (TPSA) is 113 Å². The van der Waals surface area contributed by atoms with Crippen LogP contribution in [0.2, 0.25) is 0 Å². The number of fused-ring (bicyclic) bond motifs is 1. The number of urea groups is 2. The summed E-state index contributed by atoms with van der Waals surface area (Å²) in [5.41, 5.74) is 3.91. The molecule has 2 aromatic heterocycles. The molecular formula is C24H31N7O3. The zero-order valence-electron chi connectivity index (χ0n) is 20.2. The molecule has 10 nitrogen and oxygen atoms in total. The van der Waals surface area contributed by atoms with Crippen LogP contribution in [0.5, 0.6) is 0 Å². The number of nitrogens with zero attached hydrogens (tertiary/aromatic N) is 4. The van der Waals surface area contributed by atoms with Gasteiger partial charge in [-0.25, -0.2) is 19.1 Å². The summed E-state index contributed by atoms with van der Waals surface area (Å²) in [6.45, 7) is 11.5. The second-order valence-corrected chi connectivity index (χ2v) is 9.29. The van der Waals surface area contributed by atoms with Crippen molar-refractivity contribution in [2.75, 3.05) is 30.3 Å². The van der Waals surface area contributed by atoms with Crippen LogP contribution in [0.1, 0.15) is 33.3 Å². The van der Waals surface area contributed by atoms with Crippen molar-refractivity contribution in [2.24, 2.45) is 0 Å². The van der Waals surface area contributed by atoms with Gasteiger partial charge in [0.25, 0.3) is 0 Å². The van der Waals surface area contributed by atoms with Crippen molar-refractivity contribution in [1.82, 2.24) is 24.8 Å². The van der Waals surface area contributed by atoms with Gasteiger partial charge in [0.05, 0.1) is 36.2 Å². The van der Waals surface area contributed by atoms with Crippen LogP contribution in [-0.4, -0.2) is 62.9 Å². The first-order chi connectivity index (χ1) is 16.1. The molecule has 1 saturated heterocycles. The van der Waals surface area contributed by atoms with Gasteiger partial charge in [-0.15, -0.1) is 0 Å². The minimum Gasteiger partial charge on any atom is -0.369 e. The fourth-order valence-electron chi connectivity index (χ4n) is 3.89. The maximum atomic E-state index is 12.8. The molecular weight excluding hydrogens is 434 g/mol. The van der Waals surface area contributed by atoms with Crippen molar-refractivity contribution in [2.45, 2.75) is 46.3 Å². The van der Waals surface area contributed by atoms with Gasteiger partial charge >= 0.3 is 12.1 Å². The number of aromatic nitrogens is 3. The molecule has 0 atom stereocenters. The number of nitrogens with one attached hydrogen (secondary N) is 3. The highest BCUT2D eigenvalue weighted by Gasteiger charge is 2.34. The molecule has 1 aromatic carbocycles. The standard InChI is InChI=1S/C24H31N7O3/c1-6-25-22(32)27-20-12-19(29-31-11-10-26-21(20)31)17-8-7-9-18(15(17)2)28-23(33)30-13-16(14-30)34-24(3,4)5/h7-12,16H,6,13-14H2,1-5H3,(H,28,33)(H2,25,27,32).